The monoisotopic (exact) mass is 365 g/mol. The number of hydrogen-bond acceptors (Lipinski definition) is 2. The van der Waals surface area contributed by atoms with Crippen molar-refractivity contribution in [1.82, 2.24) is 4.90 Å². The van der Waals surface area contributed by atoms with Crippen LogP contribution in [0.2, 0.25) is 0 Å². The van der Waals surface area contributed by atoms with Gasteiger partial charge in [-0.1, -0.05) is 68.5 Å². The summed E-state index contributed by atoms with van der Waals surface area (Å²) >= 11 is 0. The average Bonchev–Trinajstić information content (AvgIpc) is 2.68. The molecule has 0 spiro atoms. The number of aliphatic hydroxyl groups is 1. The highest BCUT2D eigenvalue weighted by Crippen LogP contribution is 2.28. The summed E-state index contributed by atoms with van der Waals surface area (Å²) in [4.78, 5) is 14.9. The van der Waals surface area contributed by atoms with Gasteiger partial charge in [0.15, 0.2) is 0 Å². The van der Waals surface area contributed by atoms with Crippen molar-refractivity contribution < 1.29 is 9.90 Å². The van der Waals surface area contributed by atoms with Crippen LogP contribution in [0.4, 0.5) is 0 Å². The Labute approximate surface area is 163 Å². The fourth-order valence-corrected chi connectivity index (χ4v) is 3.61. The van der Waals surface area contributed by atoms with E-state index in [4.69, 9.17) is 0 Å². The maximum absolute atomic E-state index is 13.2. The largest absolute Gasteiger partial charge is 0.392 e. The second kappa shape index (κ2) is 10.1. The molecular formula is C24H31NO2. The third kappa shape index (κ3) is 5.30. The van der Waals surface area contributed by atoms with Crippen LogP contribution in [-0.2, 0) is 11.3 Å². The minimum atomic E-state index is -0.550. The molecule has 1 amide bonds. The molecule has 1 aliphatic carbocycles. The van der Waals surface area contributed by atoms with Crippen molar-refractivity contribution in [3.05, 3.63) is 78.6 Å². The Hall–Kier alpha value is -2.39. The molecule has 2 rings (SSSR count). The number of aliphatic hydroxyl groups excluding tert-OH is 1. The van der Waals surface area contributed by atoms with Crippen LogP contribution < -0.4 is 0 Å². The first-order valence-corrected chi connectivity index (χ1v) is 9.68. The molecule has 0 unspecified atom stereocenters. The van der Waals surface area contributed by atoms with Gasteiger partial charge < -0.3 is 10.0 Å². The number of nitrogens with zero attached hydrogens (tertiary/aromatic N) is 1. The van der Waals surface area contributed by atoms with Crippen LogP contribution in [-0.4, -0.2) is 22.0 Å². The molecular weight excluding hydrogens is 334 g/mol. The standard InChI is InChI=1S/C24H31NO2/c1-5-10-18(4)20-15-13-19(14-16-20)17-25(21(6-2)7-3)24(27)22-11-8-9-12-23(22)26/h5-7,10,13-16,22-23,26H,1-2,8-9,11-12,17H2,3-4H3/b18-10+,21-7+/t22-,23+/m1/s1. The summed E-state index contributed by atoms with van der Waals surface area (Å²) in [7, 11) is 0. The number of carbonyl (C=O) groups is 1. The first-order valence-electron chi connectivity index (χ1n) is 9.68. The first kappa shape index (κ1) is 20.9. The lowest BCUT2D eigenvalue weighted by Crippen LogP contribution is -2.41. The van der Waals surface area contributed by atoms with Gasteiger partial charge in [0.25, 0.3) is 0 Å². The van der Waals surface area contributed by atoms with Gasteiger partial charge in [-0.25, -0.2) is 0 Å². The molecule has 1 aromatic rings. The van der Waals surface area contributed by atoms with E-state index in [0.29, 0.717) is 13.0 Å². The van der Waals surface area contributed by atoms with E-state index >= 15 is 0 Å². The van der Waals surface area contributed by atoms with Crippen molar-refractivity contribution in [2.45, 2.75) is 52.2 Å². The molecule has 0 bridgehead atoms. The molecule has 1 fully saturated rings. The van der Waals surface area contributed by atoms with E-state index in [9.17, 15) is 9.90 Å². The highest BCUT2D eigenvalue weighted by Gasteiger charge is 2.33. The van der Waals surface area contributed by atoms with E-state index in [1.54, 1.807) is 17.1 Å². The summed E-state index contributed by atoms with van der Waals surface area (Å²) < 4.78 is 0. The van der Waals surface area contributed by atoms with E-state index in [2.05, 4.69) is 25.3 Å². The Morgan fingerprint density at radius 3 is 2.44 bits per heavy atom. The van der Waals surface area contributed by atoms with Crippen molar-refractivity contribution in [1.29, 1.82) is 0 Å². The third-order valence-corrected chi connectivity index (χ3v) is 5.25. The number of amides is 1. The van der Waals surface area contributed by atoms with Crippen LogP contribution in [0.15, 0.2) is 67.4 Å². The molecule has 3 nitrogen and oxygen atoms in total. The van der Waals surface area contributed by atoms with Crippen LogP contribution in [0.1, 0.15) is 50.7 Å². The lowest BCUT2D eigenvalue weighted by molar-refractivity contribution is -0.139. The van der Waals surface area contributed by atoms with E-state index < -0.39 is 6.10 Å². The van der Waals surface area contributed by atoms with Gasteiger partial charge in [-0.3, -0.25) is 4.79 Å². The van der Waals surface area contributed by atoms with Gasteiger partial charge in [-0.2, -0.15) is 0 Å². The highest BCUT2D eigenvalue weighted by atomic mass is 16.3. The topological polar surface area (TPSA) is 40.5 Å². The Kier molecular flexibility index (Phi) is 7.81. The van der Waals surface area contributed by atoms with Crippen LogP contribution in [0.25, 0.3) is 5.57 Å². The third-order valence-electron chi connectivity index (χ3n) is 5.25. The predicted octanol–water partition coefficient (Wildman–Crippen LogP) is 5.25. The number of hydrogen-bond donors (Lipinski definition) is 1. The Morgan fingerprint density at radius 2 is 1.89 bits per heavy atom. The highest BCUT2D eigenvalue weighted by molar-refractivity contribution is 5.81. The number of benzene rings is 1. The summed E-state index contributed by atoms with van der Waals surface area (Å²) in [5.41, 5.74) is 4.11. The molecule has 0 aliphatic heterocycles. The minimum Gasteiger partial charge on any atom is -0.392 e. The fourth-order valence-electron chi connectivity index (χ4n) is 3.61. The van der Waals surface area contributed by atoms with Crippen LogP contribution >= 0.6 is 0 Å². The molecule has 144 valence electrons. The van der Waals surface area contributed by atoms with Crippen molar-refractivity contribution >= 4 is 11.5 Å². The Morgan fingerprint density at radius 1 is 1.22 bits per heavy atom. The molecule has 0 heterocycles. The summed E-state index contributed by atoms with van der Waals surface area (Å²) in [6, 6.07) is 8.21. The second-order valence-electron chi connectivity index (χ2n) is 7.08. The van der Waals surface area contributed by atoms with E-state index in [0.717, 1.165) is 41.7 Å². The zero-order valence-corrected chi connectivity index (χ0v) is 16.5. The SMILES string of the molecule is C=C/C=C(\C)c1ccc(CN(C(=O)[C@@H]2CCCC[C@@H]2O)/C(C=C)=C/C)cc1. The zero-order valence-electron chi connectivity index (χ0n) is 16.5. The van der Waals surface area contributed by atoms with Crippen LogP contribution in [0.3, 0.4) is 0 Å². The molecule has 1 aliphatic rings. The molecule has 1 N–H and O–H groups in total. The zero-order chi connectivity index (χ0) is 19.8. The van der Waals surface area contributed by atoms with Gasteiger partial charge in [0.1, 0.15) is 0 Å². The van der Waals surface area contributed by atoms with Crippen molar-refractivity contribution in [3.63, 3.8) is 0 Å². The van der Waals surface area contributed by atoms with Gasteiger partial charge in [-0.15, -0.1) is 0 Å². The van der Waals surface area contributed by atoms with Crippen molar-refractivity contribution in [2.24, 2.45) is 5.92 Å². The smallest absolute Gasteiger partial charge is 0.233 e. The lowest BCUT2D eigenvalue weighted by atomic mass is 9.85. The average molecular weight is 366 g/mol. The van der Waals surface area contributed by atoms with Crippen molar-refractivity contribution in [2.75, 3.05) is 0 Å². The number of rotatable bonds is 7. The number of allylic oxidation sites excluding steroid dienone is 5. The minimum absolute atomic E-state index is 0.0120. The number of carbonyl (C=O) groups excluding carboxylic acids is 1. The summed E-state index contributed by atoms with van der Waals surface area (Å²) in [5.74, 6) is -0.340. The fraction of sp³-hybridized carbons (Fsp3) is 0.375. The summed E-state index contributed by atoms with van der Waals surface area (Å²) in [6.07, 6.45) is 10.2. The molecule has 2 atom stereocenters. The summed E-state index contributed by atoms with van der Waals surface area (Å²) in [5, 5.41) is 10.3. The molecule has 27 heavy (non-hydrogen) atoms. The lowest BCUT2D eigenvalue weighted by Gasteiger charge is -2.33. The van der Waals surface area contributed by atoms with Gasteiger partial charge in [0.05, 0.1) is 18.6 Å². The molecule has 0 saturated heterocycles. The Balaban J connectivity index is 2.24. The van der Waals surface area contributed by atoms with Crippen LogP contribution in [0, 0.1) is 5.92 Å². The normalized spacial score (nSPS) is 20.9. The van der Waals surface area contributed by atoms with Gasteiger partial charge >= 0.3 is 0 Å². The Bertz CT molecular complexity index is 727. The van der Waals surface area contributed by atoms with Crippen LogP contribution in [0.5, 0.6) is 0 Å². The first-order chi connectivity index (χ1) is 13.0. The van der Waals surface area contributed by atoms with Gasteiger partial charge in [-0.05, 0) is 49.5 Å². The predicted molar refractivity (Wildman–Crippen MR) is 113 cm³/mol. The molecule has 0 aromatic heterocycles. The maximum atomic E-state index is 13.2. The van der Waals surface area contributed by atoms with Gasteiger partial charge in [0.2, 0.25) is 5.91 Å². The molecule has 0 radical (unpaired) electrons. The van der Waals surface area contributed by atoms with E-state index in [1.807, 2.05) is 38.1 Å². The molecule has 1 saturated carbocycles. The van der Waals surface area contributed by atoms with E-state index in [1.165, 1.54) is 0 Å². The summed E-state index contributed by atoms with van der Waals surface area (Å²) in [6.45, 7) is 12.0. The van der Waals surface area contributed by atoms with Crippen molar-refractivity contribution in [3.8, 4) is 0 Å². The van der Waals surface area contributed by atoms with Gasteiger partial charge in [0, 0.05) is 5.70 Å². The quantitative estimate of drug-likeness (QED) is 0.671. The maximum Gasteiger partial charge on any atom is 0.233 e. The van der Waals surface area contributed by atoms with E-state index in [-0.39, 0.29) is 11.8 Å². The molecule has 3 heteroatoms. The second-order valence-corrected chi connectivity index (χ2v) is 7.08. The molecule has 1 aromatic carbocycles.